The molecule has 1 aromatic rings. The highest BCUT2D eigenvalue weighted by atomic mass is 16.5. The van der Waals surface area contributed by atoms with Crippen LogP contribution in [-0.4, -0.2) is 31.3 Å². The normalized spacial score (nSPS) is 10.2. The highest BCUT2D eigenvalue weighted by Crippen LogP contribution is 2.23. The molecule has 1 rings (SSSR count). The average molecular weight is 253 g/mol. The second-order valence-corrected chi connectivity index (χ2v) is 3.84. The summed E-state index contributed by atoms with van der Waals surface area (Å²) in [5.74, 6) is 0.550. The second-order valence-electron chi connectivity index (χ2n) is 3.84. The zero-order chi connectivity index (χ0) is 13.4. The third-order valence-corrected chi connectivity index (χ3v) is 2.31. The largest absolute Gasteiger partial charge is 0.496 e. The number of nitrogens with one attached hydrogen (secondary N) is 1. The van der Waals surface area contributed by atoms with Crippen LogP contribution in [0.4, 0.5) is 5.69 Å². The van der Waals surface area contributed by atoms with Gasteiger partial charge in [-0.25, -0.2) is 0 Å². The summed E-state index contributed by atoms with van der Waals surface area (Å²) in [5, 5.41) is 11.3. The van der Waals surface area contributed by atoms with Crippen LogP contribution in [0.15, 0.2) is 18.2 Å². The first-order chi connectivity index (χ1) is 8.67. The van der Waals surface area contributed by atoms with Crippen molar-refractivity contribution in [2.45, 2.75) is 20.0 Å². The molecule has 0 unspecified atom stereocenters. The van der Waals surface area contributed by atoms with Gasteiger partial charge in [0, 0.05) is 37.5 Å². The molecule has 0 heterocycles. The Labute approximate surface area is 107 Å². The Morgan fingerprint density at radius 1 is 1.44 bits per heavy atom. The van der Waals surface area contributed by atoms with Crippen LogP contribution in [0.2, 0.25) is 0 Å². The maximum absolute atomic E-state index is 10.9. The molecule has 0 saturated heterocycles. The monoisotopic (exact) mass is 253 g/mol. The molecule has 0 aromatic heterocycles. The van der Waals surface area contributed by atoms with Gasteiger partial charge in [-0.05, 0) is 12.5 Å². The van der Waals surface area contributed by atoms with Crippen molar-refractivity contribution in [2.24, 2.45) is 0 Å². The van der Waals surface area contributed by atoms with E-state index in [1.807, 2.05) is 6.07 Å². The van der Waals surface area contributed by atoms with E-state index in [9.17, 15) is 4.79 Å². The van der Waals surface area contributed by atoms with Crippen molar-refractivity contribution < 1.29 is 19.4 Å². The van der Waals surface area contributed by atoms with Crippen LogP contribution in [0.25, 0.3) is 0 Å². The maximum atomic E-state index is 10.9. The standard InChI is InChI=1S/C13H19NO4/c1-10(16)14-12-5-4-11(13(8-12)17-2)9-18-7-3-6-15/h4-5,8,15H,3,6-7,9H2,1-2H3,(H,14,16). The van der Waals surface area contributed by atoms with E-state index in [-0.39, 0.29) is 12.5 Å². The third-order valence-electron chi connectivity index (χ3n) is 2.31. The van der Waals surface area contributed by atoms with Crippen LogP contribution in [0.1, 0.15) is 18.9 Å². The van der Waals surface area contributed by atoms with E-state index in [1.54, 1.807) is 19.2 Å². The Hall–Kier alpha value is -1.59. The molecule has 0 spiro atoms. The van der Waals surface area contributed by atoms with E-state index in [0.29, 0.717) is 31.1 Å². The number of carbonyl (C=O) groups excluding carboxylic acids is 1. The van der Waals surface area contributed by atoms with Crippen molar-refractivity contribution in [1.29, 1.82) is 0 Å². The highest BCUT2D eigenvalue weighted by molar-refractivity contribution is 5.88. The number of amides is 1. The molecule has 0 atom stereocenters. The van der Waals surface area contributed by atoms with E-state index in [1.165, 1.54) is 6.92 Å². The number of ether oxygens (including phenoxy) is 2. The van der Waals surface area contributed by atoms with Gasteiger partial charge in [0.1, 0.15) is 5.75 Å². The van der Waals surface area contributed by atoms with E-state index in [4.69, 9.17) is 14.6 Å². The molecule has 100 valence electrons. The number of hydrogen-bond acceptors (Lipinski definition) is 4. The number of aliphatic hydroxyl groups is 1. The number of rotatable bonds is 7. The summed E-state index contributed by atoms with van der Waals surface area (Å²) >= 11 is 0. The smallest absolute Gasteiger partial charge is 0.221 e. The van der Waals surface area contributed by atoms with Gasteiger partial charge in [-0.1, -0.05) is 6.07 Å². The first-order valence-electron chi connectivity index (χ1n) is 5.80. The molecule has 2 N–H and O–H groups in total. The van der Waals surface area contributed by atoms with Gasteiger partial charge in [0.15, 0.2) is 0 Å². The van der Waals surface area contributed by atoms with Crippen LogP contribution < -0.4 is 10.1 Å². The Morgan fingerprint density at radius 2 is 2.22 bits per heavy atom. The molecule has 0 aliphatic carbocycles. The molecule has 0 radical (unpaired) electrons. The third kappa shape index (κ3) is 4.73. The lowest BCUT2D eigenvalue weighted by Crippen LogP contribution is -2.06. The van der Waals surface area contributed by atoms with Gasteiger partial charge in [-0.15, -0.1) is 0 Å². The number of carbonyl (C=O) groups is 1. The topological polar surface area (TPSA) is 67.8 Å². The molecule has 18 heavy (non-hydrogen) atoms. The minimum atomic E-state index is -0.121. The summed E-state index contributed by atoms with van der Waals surface area (Å²) in [4.78, 5) is 10.9. The summed E-state index contributed by atoms with van der Waals surface area (Å²) in [6.45, 7) is 2.51. The minimum absolute atomic E-state index is 0.121. The lowest BCUT2D eigenvalue weighted by Gasteiger charge is -2.11. The second kappa shape index (κ2) is 7.68. The van der Waals surface area contributed by atoms with Crippen molar-refractivity contribution in [1.82, 2.24) is 0 Å². The van der Waals surface area contributed by atoms with E-state index in [2.05, 4.69) is 5.32 Å². The van der Waals surface area contributed by atoms with Crippen molar-refractivity contribution in [3.05, 3.63) is 23.8 Å². The van der Waals surface area contributed by atoms with Crippen LogP contribution in [0, 0.1) is 0 Å². The molecular formula is C13H19NO4. The number of anilines is 1. The number of hydrogen-bond donors (Lipinski definition) is 2. The summed E-state index contributed by atoms with van der Waals surface area (Å²) in [5.41, 5.74) is 1.60. The Kier molecular flexibility index (Phi) is 6.18. The SMILES string of the molecule is COc1cc(NC(C)=O)ccc1COCCCO. The maximum Gasteiger partial charge on any atom is 0.221 e. The lowest BCUT2D eigenvalue weighted by atomic mass is 10.2. The first-order valence-corrected chi connectivity index (χ1v) is 5.80. The van der Waals surface area contributed by atoms with E-state index in [0.717, 1.165) is 5.56 Å². The fourth-order valence-corrected chi connectivity index (χ4v) is 1.49. The predicted octanol–water partition coefficient (Wildman–Crippen LogP) is 1.55. The molecule has 0 aliphatic rings. The number of methoxy groups -OCH3 is 1. The van der Waals surface area contributed by atoms with E-state index >= 15 is 0 Å². The van der Waals surface area contributed by atoms with Gasteiger partial charge in [0.2, 0.25) is 5.91 Å². The first kappa shape index (κ1) is 14.5. The molecule has 5 heteroatoms. The summed E-state index contributed by atoms with van der Waals surface area (Å²) in [6.07, 6.45) is 0.617. The van der Waals surface area contributed by atoms with Gasteiger partial charge < -0.3 is 19.9 Å². The molecule has 0 aliphatic heterocycles. The summed E-state index contributed by atoms with van der Waals surface area (Å²) in [6, 6.07) is 5.41. The summed E-state index contributed by atoms with van der Waals surface area (Å²) < 4.78 is 10.6. The molecule has 1 aromatic carbocycles. The van der Waals surface area contributed by atoms with Gasteiger partial charge in [-0.3, -0.25) is 4.79 Å². The molecule has 0 saturated carbocycles. The zero-order valence-electron chi connectivity index (χ0n) is 10.7. The van der Waals surface area contributed by atoms with Crippen molar-refractivity contribution >= 4 is 11.6 Å². The summed E-state index contributed by atoms with van der Waals surface area (Å²) in [7, 11) is 1.57. The molecule has 0 fully saturated rings. The van der Waals surface area contributed by atoms with Gasteiger partial charge >= 0.3 is 0 Å². The van der Waals surface area contributed by atoms with Gasteiger partial charge in [-0.2, -0.15) is 0 Å². The van der Waals surface area contributed by atoms with Gasteiger partial charge in [0.25, 0.3) is 0 Å². The highest BCUT2D eigenvalue weighted by Gasteiger charge is 2.05. The Balaban J connectivity index is 2.64. The number of benzene rings is 1. The Morgan fingerprint density at radius 3 is 2.83 bits per heavy atom. The fraction of sp³-hybridized carbons (Fsp3) is 0.462. The van der Waals surface area contributed by atoms with Gasteiger partial charge in [0.05, 0.1) is 13.7 Å². The molecule has 1 amide bonds. The van der Waals surface area contributed by atoms with Crippen LogP contribution in [0.3, 0.4) is 0 Å². The number of aliphatic hydroxyl groups excluding tert-OH is 1. The molecule has 0 bridgehead atoms. The Bertz CT molecular complexity index is 393. The quantitative estimate of drug-likeness (QED) is 0.723. The minimum Gasteiger partial charge on any atom is -0.496 e. The zero-order valence-corrected chi connectivity index (χ0v) is 10.7. The van der Waals surface area contributed by atoms with E-state index < -0.39 is 0 Å². The van der Waals surface area contributed by atoms with Crippen LogP contribution >= 0.6 is 0 Å². The average Bonchev–Trinajstić information content (AvgIpc) is 2.35. The predicted molar refractivity (Wildman–Crippen MR) is 68.7 cm³/mol. The fourth-order valence-electron chi connectivity index (χ4n) is 1.49. The van der Waals surface area contributed by atoms with Crippen molar-refractivity contribution in [2.75, 3.05) is 25.6 Å². The molecular weight excluding hydrogens is 234 g/mol. The van der Waals surface area contributed by atoms with Crippen LogP contribution in [-0.2, 0) is 16.1 Å². The molecule has 5 nitrogen and oxygen atoms in total. The lowest BCUT2D eigenvalue weighted by molar-refractivity contribution is -0.114. The van der Waals surface area contributed by atoms with Crippen molar-refractivity contribution in [3.8, 4) is 5.75 Å². The van der Waals surface area contributed by atoms with Crippen molar-refractivity contribution in [3.63, 3.8) is 0 Å². The van der Waals surface area contributed by atoms with Crippen LogP contribution in [0.5, 0.6) is 5.75 Å².